The third-order valence-electron chi connectivity index (χ3n) is 9.18. The quantitative estimate of drug-likeness (QED) is 0.468. The van der Waals surface area contributed by atoms with Crippen LogP contribution in [0.5, 0.6) is 5.75 Å². The SMILES string of the molecule is Cc1nc(N2C3CCC2CC(O)C3)ccc1-c1ccc(F)c(COc2ccc3c(c2)CC2C(C(=O)O)C32)c1. The molecule has 4 aliphatic rings. The smallest absolute Gasteiger partial charge is 0.307 e. The highest BCUT2D eigenvalue weighted by molar-refractivity contribution is 5.78. The fraction of sp³-hybridized carbons (Fsp3) is 0.419. The monoisotopic (exact) mass is 514 g/mol. The Morgan fingerprint density at radius 2 is 1.89 bits per heavy atom. The number of halogens is 1. The zero-order chi connectivity index (χ0) is 26.1. The van der Waals surface area contributed by atoms with Crippen molar-refractivity contribution in [3.8, 4) is 16.9 Å². The zero-order valence-electron chi connectivity index (χ0n) is 21.3. The van der Waals surface area contributed by atoms with Gasteiger partial charge in [0.25, 0.3) is 0 Å². The number of hydrogen-bond donors (Lipinski definition) is 2. The molecular weight excluding hydrogens is 483 g/mol. The van der Waals surface area contributed by atoms with Gasteiger partial charge >= 0.3 is 5.97 Å². The van der Waals surface area contributed by atoms with Crippen LogP contribution in [-0.4, -0.2) is 39.4 Å². The molecule has 0 radical (unpaired) electrons. The molecule has 2 aliphatic heterocycles. The molecule has 0 amide bonds. The van der Waals surface area contributed by atoms with Crippen LogP contribution in [0.15, 0.2) is 48.5 Å². The zero-order valence-corrected chi connectivity index (χ0v) is 21.3. The van der Waals surface area contributed by atoms with Gasteiger partial charge in [0.2, 0.25) is 0 Å². The molecule has 1 aromatic heterocycles. The fourth-order valence-electron chi connectivity index (χ4n) is 7.35. The third-order valence-corrected chi connectivity index (χ3v) is 9.18. The molecule has 1 saturated carbocycles. The number of carbonyl (C=O) groups is 1. The molecule has 38 heavy (non-hydrogen) atoms. The van der Waals surface area contributed by atoms with Crippen molar-refractivity contribution in [1.82, 2.24) is 4.98 Å². The summed E-state index contributed by atoms with van der Waals surface area (Å²) in [5.41, 5.74) is 5.48. The first-order valence-corrected chi connectivity index (χ1v) is 13.6. The number of aliphatic hydroxyl groups excluding tert-OH is 1. The van der Waals surface area contributed by atoms with Crippen LogP contribution in [0.3, 0.4) is 0 Å². The molecule has 5 atom stereocenters. The summed E-state index contributed by atoms with van der Waals surface area (Å²) in [4.78, 5) is 18.7. The van der Waals surface area contributed by atoms with E-state index in [4.69, 9.17) is 9.72 Å². The maximum atomic E-state index is 14.7. The Hall–Kier alpha value is -3.45. The van der Waals surface area contributed by atoms with Crippen molar-refractivity contribution in [2.45, 2.75) is 69.7 Å². The van der Waals surface area contributed by atoms with Crippen LogP contribution in [0.2, 0.25) is 0 Å². The minimum absolute atomic E-state index is 0.104. The van der Waals surface area contributed by atoms with Crippen molar-refractivity contribution < 1.29 is 24.1 Å². The number of aliphatic carboxylic acids is 1. The number of carboxylic acid groups (broad SMARTS) is 1. The van der Waals surface area contributed by atoms with E-state index in [9.17, 15) is 19.4 Å². The van der Waals surface area contributed by atoms with Crippen LogP contribution in [-0.2, 0) is 17.8 Å². The summed E-state index contributed by atoms with van der Waals surface area (Å²) in [6.45, 7) is 2.09. The van der Waals surface area contributed by atoms with Crippen LogP contribution < -0.4 is 9.64 Å². The second-order valence-corrected chi connectivity index (χ2v) is 11.4. The molecule has 6 nitrogen and oxygen atoms in total. The molecule has 2 N–H and O–H groups in total. The Kier molecular flexibility index (Phi) is 5.48. The van der Waals surface area contributed by atoms with E-state index in [1.165, 1.54) is 6.07 Å². The van der Waals surface area contributed by atoms with Gasteiger partial charge in [0.15, 0.2) is 0 Å². The van der Waals surface area contributed by atoms with Gasteiger partial charge < -0.3 is 19.8 Å². The summed E-state index contributed by atoms with van der Waals surface area (Å²) in [5, 5.41) is 19.5. The molecule has 2 aliphatic carbocycles. The topological polar surface area (TPSA) is 82.9 Å². The van der Waals surface area contributed by atoms with Crippen LogP contribution in [0.1, 0.15) is 54.0 Å². The molecule has 3 heterocycles. The number of aliphatic hydroxyl groups is 1. The van der Waals surface area contributed by atoms with E-state index in [1.807, 2.05) is 31.2 Å². The predicted molar refractivity (Wildman–Crippen MR) is 141 cm³/mol. The lowest BCUT2D eigenvalue weighted by molar-refractivity contribution is -0.139. The van der Waals surface area contributed by atoms with Gasteiger partial charge in [-0.3, -0.25) is 4.79 Å². The van der Waals surface area contributed by atoms with Gasteiger partial charge in [-0.25, -0.2) is 9.37 Å². The summed E-state index contributed by atoms with van der Waals surface area (Å²) in [6.07, 6.45) is 4.35. The normalized spacial score (nSPS) is 28.7. The molecule has 7 rings (SSSR count). The lowest BCUT2D eigenvalue weighted by Gasteiger charge is -2.38. The standard InChI is InChI=1S/C31H31FN2O4/c1-16-24(7-9-28(33-16)34-20-3-4-21(34)14-22(35)13-20)17-2-8-27(32)19(10-17)15-38-23-5-6-25-18(11-23)12-26-29(25)30(26)31(36)37/h2,5-11,20-22,26,29-30,35H,3-4,12-15H2,1H3,(H,36,37). The van der Waals surface area contributed by atoms with Gasteiger partial charge in [-0.2, -0.15) is 0 Å². The fourth-order valence-corrected chi connectivity index (χ4v) is 7.35. The van der Waals surface area contributed by atoms with Crippen LogP contribution >= 0.6 is 0 Å². The molecular formula is C31H31FN2O4. The van der Waals surface area contributed by atoms with E-state index in [-0.39, 0.29) is 36.3 Å². The molecule has 5 unspecified atom stereocenters. The van der Waals surface area contributed by atoms with E-state index in [0.29, 0.717) is 23.4 Å². The van der Waals surface area contributed by atoms with Crippen LogP contribution in [0.4, 0.5) is 10.2 Å². The van der Waals surface area contributed by atoms with Gasteiger partial charge in [-0.05, 0) is 98.0 Å². The van der Waals surface area contributed by atoms with E-state index >= 15 is 0 Å². The van der Waals surface area contributed by atoms with Crippen molar-refractivity contribution in [3.63, 3.8) is 0 Å². The summed E-state index contributed by atoms with van der Waals surface area (Å²) < 4.78 is 20.7. The van der Waals surface area contributed by atoms with E-state index < -0.39 is 5.97 Å². The summed E-state index contributed by atoms with van der Waals surface area (Å²) >= 11 is 0. The van der Waals surface area contributed by atoms with Crippen molar-refractivity contribution in [3.05, 3.63) is 76.7 Å². The number of carboxylic acids is 1. The molecule has 3 aromatic rings. The second-order valence-electron chi connectivity index (χ2n) is 11.4. The molecule has 2 bridgehead atoms. The van der Waals surface area contributed by atoms with Crippen molar-refractivity contribution in [1.29, 1.82) is 0 Å². The first-order valence-electron chi connectivity index (χ1n) is 13.6. The first kappa shape index (κ1) is 23.7. The Balaban J connectivity index is 1.07. The number of ether oxygens (including phenoxy) is 1. The predicted octanol–water partition coefficient (Wildman–Crippen LogP) is 5.24. The second kappa shape index (κ2) is 8.80. The Morgan fingerprint density at radius 3 is 2.63 bits per heavy atom. The number of rotatable bonds is 6. The van der Waals surface area contributed by atoms with Crippen molar-refractivity contribution >= 4 is 11.8 Å². The van der Waals surface area contributed by atoms with E-state index in [2.05, 4.69) is 17.0 Å². The van der Waals surface area contributed by atoms with Crippen LogP contribution in [0.25, 0.3) is 11.1 Å². The number of fused-ring (bicyclic) bond motifs is 5. The maximum absolute atomic E-state index is 14.7. The molecule has 2 saturated heterocycles. The lowest BCUT2D eigenvalue weighted by Crippen LogP contribution is -2.45. The maximum Gasteiger partial charge on any atom is 0.307 e. The number of piperidine rings is 1. The van der Waals surface area contributed by atoms with E-state index in [0.717, 1.165) is 65.9 Å². The van der Waals surface area contributed by atoms with Gasteiger partial charge in [0.1, 0.15) is 24.0 Å². The van der Waals surface area contributed by atoms with E-state index in [1.54, 1.807) is 6.07 Å². The highest BCUT2D eigenvalue weighted by atomic mass is 19.1. The highest BCUT2D eigenvalue weighted by Gasteiger charge is 2.59. The number of pyridine rings is 1. The Morgan fingerprint density at radius 1 is 1.11 bits per heavy atom. The van der Waals surface area contributed by atoms with Gasteiger partial charge in [0.05, 0.1) is 12.0 Å². The van der Waals surface area contributed by atoms with Crippen LogP contribution in [0, 0.1) is 24.6 Å². The minimum atomic E-state index is -0.708. The van der Waals surface area contributed by atoms with Gasteiger partial charge in [0, 0.05) is 34.8 Å². The molecule has 196 valence electrons. The van der Waals surface area contributed by atoms with Gasteiger partial charge in [-0.15, -0.1) is 0 Å². The number of aromatic nitrogens is 1. The highest BCUT2D eigenvalue weighted by Crippen LogP contribution is 2.61. The van der Waals surface area contributed by atoms with Gasteiger partial charge in [-0.1, -0.05) is 12.1 Å². The molecule has 2 aromatic carbocycles. The molecule has 7 heteroatoms. The molecule has 0 spiro atoms. The Labute approximate surface area is 221 Å². The average molecular weight is 515 g/mol. The first-order chi connectivity index (χ1) is 18.4. The number of hydrogen-bond acceptors (Lipinski definition) is 5. The van der Waals surface area contributed by atoms with Crippen molar-refractivity contribution in [2.24, 2.45) is 11.8 Å². The molecule has 3 fully saturated rings. The number of benzene rings is 2. The number of aryl methyl sites for hydroxylation is 1. The summed E-state index contributed by atoms with van der Waals surface area (Å²) in [5.74, 6) is 0.690. The number of anilines is 1. The summed E-state index contributed by atoms with van der Waals surface area (Å²) in [7, 11) is 0. The average Bonchev–Trinajstić information content (AvgIpc) is 3.38. The minimum Gasteiger partial charge on any atom is -0.489 e. The number of nitrogens with zero attached hydrogens (tertiary/aromatic N) is 2. The third kappa shape index (κ3) is 3.87. The summed E-state index contributed by atoms with van der Waals surface area (Å²) in [6, 6.07) is 15.7. The Bertz CT molecular complexity index is 1430. The van der Waals surface area contributed by atoms with Crippen molar-refractivity contribution in [2.75, 3.05) is 4.90 Å². The lowest BCUT2D eigenvalue weighted by atomic mass is 9.99. The largest absolute Gasteiger partial charge is 0.489 e.